The first kappa shape index (κ1) is 15.0. The number of nitrogens with zero attached hydrogens (tertiary/aromatic N) is 2. The lowest BCUT2D eigenvalue weighted by atomic mass is 10.1. The van der Waals surface area contributed by atoms with Gasteiger partial charge in [0.1, 0.15) is 11.6 Å². The molecule has 0 spiro atoms. The Kier molecular flexibility index (Phi) is 5.17. The monoisotopic (exact) mass is 284 g/mol. The fraction of sp³-hybridized carbons (Fsp3) is 0.500. The molecule has 2 rings (SSSR count). The molecule has 0 aromatic heterocycles. The number of aliphatic hydroxyl groups excluding tert-OH is 1. The van der Waals surface area contributed by atoms with Crippen molar-refractivity contribution >= 4 is 5.78 Å². The van der Waals surface area contributed by atoms with E-state index in [0.29, 0.717) is 19.6 Å². The van der Waals surface area contributed by atoms with Gasteiger partial charge in [0, 0.05) is 32.7 Å². The average Bonchev–Trinajstić information content (AvgIpc) is 2.44. The summed E-state index contributed by atoms with van der Waals surface area (Å²) in [5, 5.41) is 8.85. The van der Waals surface area contributed by atoms with Crippen molar-refractivity contribution in [2.45, 2.75) is 0 Å². The van der Waals surface area contributed by atoms with Gasteiger partial charge in [0.15, 0.2) is 5.78 Å². The van der Waals surface area contributed by atoms with Gasteiger partial charge in [-0.1, -0.05) is 0 Å². The van der Waals surface area contributed by atoms with Crippen LogP contribution in [0, 0.1) is 11.6 Å². The van der Waals surface area contributed by atoms with Crippen LogP contribution >= 0.6 is 0 Å². The summed E-state index contributed by atoms with van der Waals surface area (Å²) in [6, 6.07) is 2.92. The lowest BCUT2D eigenvalue weighted by molar-refractivity contribution is 0.0819. The van der Waals surface area contributed by atoms with Crippen LogP contribution in [0.15, 0.2) is 18.2 Å². The van der Waals surface area contributed by atoms with Crippen molar-refractivity contribution in [2.75, 3.05) is 45.9 Å². The first-order valence-electron chi connectivity index (χ1n) is 6.64. The van der Waals surface area contributed by atoms with E-state index < -0.39 is 17.4 Å². The highest BCUT2D eigenvalue weighted by Gasteiger charge is 2.20. The molecule has 1 N–H and O–H groups in total. The number of halogens is 2. The molecule has 0 radical (unpaired) electrons. The van der Waals surface area contributed by atoms with E-state index in [1.807, 2.05) is 4.90 Å². The number of hydrogen-bond donors (Lipinski definition) is 1. The van der Waals surface area contributed by atoms with Crippen molar-refractivity contribution < 1.29 is 18.7 Å². The zero-order valence-corrected chi connectivity index (χ0v) is 11.2. The molecule has 0 unspecified atom stereocenters. The molecule has 0 bridgehead atoms. The summed E-state index contributed by atoms with van der Waals surface area (Å²) in [5.74, 6) is -1.70. The number of aliphatic hydroxyl groups is 1. The van der Waals surface area contributed by atoms with Gasteiger partial charge in [-0.15, -0.1) is 0 Å². The molecule has 1 fully saturated rings. The summed E-state index contributed by atoms with van der Waals surface area (Å²) in [4.78, 5) is 16.0. The minimum atomic E-state index is -0.685. The first-order valence-corrected chi connectivity index (χ1v) is 6.64. The Morgan fingerprint density at radius 3 is 2.45 bits per heavy atom. The van der Waals surface area contributed by atoms with Gasteiger partial charge in [-0.05, 0) is 18.2 Å². The van der Waals surface area contributed by atoms with Crippen LogP contribution in [0.25, 0.3) is 0 Å². The van der Waals surface area contributed by atoms with Gasteiger partial charge in [0.25, 0.3) is 0 Å². The van der Waals surface area contributed by atoms with Crippen LogP contribution < -0.4 is 0 Å². The molecule has 1 aromatic rings. The number of β-amino-alcohol motifs (C(OH)–C–C–N with tert-alkyl or cyclic N) is 1. The second kappa shape index (κ2) is 6.88. The van der Waals surface area contributed by atoms with Crippen LogP contribution in [-0.4, -0.2) is 66.6 Å². The zero-order valence-electron chi connectivity index (χ0n) is 11.2. The van der Waals surface area contributed by atoms with Crippen molar-refractivity contribution in [1.82, 2.24) is 9.80 Å². The van der Waals surface area contributed by atoms with Gasteiger partial charge in [-0.25, -0.2) is 8.78 Å². The summed E-state index contributed by atoms with van der Waals surface area (Å²) in [6.07, 6.45) is 0. The van der Waals surface area contributed by atoms with Gasteiger partial charge in [-0.2, -0.15) is 0 Å². The fourth-order valence-electron chi connectivity index (χ4n) is 2.31. The molecule has 0 aliphatic carbocycles. The third-order valence-electron chi connectivity index (χ3n) is 3.48. The number of Topliss-reactive ketones (excluding diaryl/α,β-unsaturated/α-hetero) is 1. The Bertz CT molecular complexity index is 474. The minimum Gasteiger partial charge on any atom is -0.395 e. The van der Waals surface area contributed by atoms with Gasteiger partial charge < -0.3 is 5.11 Å². The molecule has 4 nitrogen and oxygen atoms in total. The Morgan fingerprint density at radius 1 is 1.15 bits per heavy atom. The van der Waals surface area contributed by atoms with Crippen molar-refractivity contribution in [3.63, 3.8) is 0 Å². The first-order chi connectivity index (χ1) is 9.60. The van der Waals surface area contributed by atoms with E-state index >= 15 is 0 Å². The quantitative estimate of drug-likeness (QED) is 0.811. The molecule has 6 heteroatoms. The topological polar surface area (TPSA) is 43.8 Å². The van der Waals surface area contributed by atoms with E-state index in [9.17, 15) is 13.6 Å². The summed E-state index contributed by atoms with van der Waals surface area (Å²) >= 11 is 0. The largest absolute Gasteiger partial charge is 0.395 e. The molecule has 0 atom stereocenters. The summed E-state index contributed by atoms with van der Waals surface area (Å²) in [7, 11) is 0. The maximum atomic E-state index is 13.5. The average molecular weight is 284 g/mol. The molecule has 1 aliphatic heterocycles. The number of carbonyl (C=O) groups excluding carboxylic acids is 1. The van der Waals surface area contributed by atoms with Crippen molar-refractivity contribution in [3.8, 4) is 0 Å². The molecule has 1 aliphatic rings. The summed E-state index contributed by atoms with van der Waals surface area (Å²) < 4.78 is 26.6. The second-order valence-electron chi connectivity index (χ2n) is 4.89. The van der Waals surface area contributed by atoms with Crippen LogP contribution in [0.2, 0.25) is 0 Å². The van der Waals surface area contributed by atoms with E-state index in [0.717, 1.165) is 31.3 Å². The predicted octanol–water partition coefficient (Wildman–Crippen LogP) is 0.757. The molecule has 1 heterocycles. The number of piperazine rings is 1. The third-order valence-corrected chi connectivity index (χ3v) is 3.48. The van der Waals surface area contributed by atoms with Crippen LogP contribution in [0.1, 0.15) is 10.4 Å². The van der Waals surface area contributed by atoms with Crippen LogP contribution in [0.5, 0.6) is 0 Å². The Balaban J connectivity index is 1.91. The molecule has 110 valence electrons. The Labute approximate surface area is 116 Å². The third kappa shape index (κ3) is 3.82. The minimum absolute atomic E-state index is 0.0906. The van der Waals surface area contributed by atoms with Crippen molar-refractivity contribution in [2.24, 2.45) is 0 Å². The van der Waals surface area contributed by atoms with Crippen molar-refractivity contribution in [1.29, 1.82) is 0 Å². The molecule has 0 amide bonds. The standard InChI is InChI=1S/C14H18F2N2O2/c15-11-1-2-13(16)12(9-11)14(20)10-18-5-3-17(4-6-18)7-8-19/h1-2,9,19H,3-8,10H2. The number of ketones is 1. The summed E-state index contributed by atoms with van der Waals surface area (Å²) in [5.41, 5.74) is -0.192. The van der Waals surface area contributed by atoms with E-state index in [2.05, 4.69) is 4.90 Å². The molecule has 1 aromatic carbocycles. The molecule has 1 saturated heterocycles. The van der Waals surface area contributed by atoms with Crippen molar-refractivity contribution in [3.05, 3.63) is 35.4 Å². The second-order valence-corrected chi connectivity index (χ2v) is 4.89. The number of benzene rings is 1. The SMILES string of the molecule is O=C(CN1CCN(CCO)CC1)c1cc(F)ccc1F. The summed E-state index contributed by atoms with van der Waals surface area (Å²) in [6.45, 7) is 3.73. The van der Waals surface area contributed by atoms with Gasteiger partial charge >= 0.3 is 0 Å². The Hall–Kier alpha value is -1.37. The molecular weight excluding hydrogens is 266 g/mol. The molecule has 0 saturated carbocycles. The number of carbonyl (C=O) groups is 1. The Morgan fingerprint density at radius 2 is 1.80 bits per heavy atom. The van der Waals surface area contributed by atoms with Gasteiger partial charge in [0.2, 0.25) is 0 Å². The maximum Gasteiger partial charge on any atom is 0.179 e. The smallest absolute Gasteiger partial charge is 0.179 e. The molecule has 20 heavy (non-hydrogen) atoms. The highest BCUT2D eigenvalue weighted by molar-refractivity contribution is 5.97. The van der Waals surface area contributed by atoms with Crippen LogP contribution in [0.3, 0.4) is 0 Å². The normalized spacial score (nSPS) is 17.4. The van der Waals surface area contributed by atoms with Gasteiger partial charge in [-0.3, -0.25) is 14.6 Å². The maximum absolute atomic E-state index is 13.5. The van der Waals surface area contributed by atoms with E-state index in [1.165, 1.54) is 0 Å². The molecular formula is C14H18F2N2O2. The highest BCUT2D eigenvalue weighted by Crippen LogP contribution is 2.12. The van der Waals surface area contributed by atoms with Crippen LogP contribution in [-0.2, 0) is 0 Å². The van der Waals surface area contributed by atoms with E-state index in [-0.39, 0.29) is 18.7 Å². The fourth-order valence-corrected chi connectivity index (χ4v) is 2.31. The van der Waals surface area contributed by atoms with Gasteiger partial charge in [0.05, 0.1) is 18.7 Å². The number of rotatable bonds is 5. The predicted molar refractivity (Wildman–Crippen MR) is 70.7 cm³/mol. The highest BCUT2D eigenvalue weighted by atomic mass is 19.1. The lowest BCUT2D eigenvalue weighted by Gasteiger charge is -2.33. The van der Waals surface area contributed by atoms with E-state index in [4.69, 9.17) is 5.11 Å². The van der Waals surface area contributed by atoms with Crippen LogP contribution in [0.4, 0.5) is 8.78 Å². The zero-order chi connectivity index (χ0) is 14.5. The van der Waals surface area contributed by atoms with E-state index in [1.54, 1.807) is 0 Å². The number of hydrogen-bond acceptors (Lipinski definition) is 4. The lowest BCUT2D eigenvalue weighted by Crippen LogP contribution is -2.48.